The Kier molecular flexibility index (Phi) is 5.09. The third-order valence-electron chi connectivity index (χ3n) is 4.30. The highest BCUT2D eigenvalue weighted by atomic mass is 32.2. The Morgan fingerprint density at radius 1 is 1.29 bits per heavy atom. The van der Waals surface area contributed by atoms with E-state index >= 15 is 0 Å². The van der Waals surface area contributed by atoms with Gasteiger partial charge >= 0.3 is 5.97 Å². The maximum absolute atomic E-state index is 12.9. The second-order valence-corrected chi connectivity index (χ2v) is 6.69. The van der Waals surface area contributed by atoms with Crippen LogP contribution in [0.5, 0.6) is 0 Å². The fraction of sp³-hybridized carbons (Fsp3) is 0.368. The van der Waals surface area contributed by atoms with E-state index in [-0.39, 0.29) is 17.7 Å². The van der Waals surface area contributed by atoms with Crippen LogP contribution in [-0.4, -0.2) is 29.2 Å². The Labute approximate surface area is 146 Å². The van der Waals surface area contributed by atoms with Gasteiger partial charge in [0, 0.05) is 22.7 Å². The van der Waals surface area contributed by atoms with Gasteiger partial charge in [-0.3, -0.25) is 9.59 Å². The molecule has 0 bridgehead atoms. The molecule has 1 aliphatic heterocycles. The summed E-state index contributed by atoms with van der Waals surface area (Å²) in [5.74, 6) is -0.437. The molecule has 2 heterocycles. The van der Waals surface area contributed by atoms with Crippen molar-refractivity contribution in [1.29, 1.82) is 0 Å². The zero-order valence-corrected chi connectivity index (χ0v) is 14.8. The molecule has 1 atom stereocenters. The lowest BCUT2D eigenvalue weighted by Crippen LogP contribution is -2.14. The number of esters is 1. The Morgan fingerprint density at radius 2 is 2.04 bits per heavy atom. The molecule has 5 heteroatoms. The van der Waals surface area contributed by atoms with Gasteiger partial charge in [-0.25, -0.2) is 0 Å². The van der Waals surface area contributed by atoms with Gasteiger partial charge in [-0.15, -0.1) is 11.8 Å². The number of hydrogen-bond donors (Lipinski definition) is 0. The number of carbonyl (C=O) groups excluding carboxylic acids is 2. The second-order valence-electron chi connectivity index (χ2n) is 5.84. The molecule has 126 valence electrons. The van der Waals surface area contributed by atoms with Gasteiger partial charge < -0.3 is 9.30 Å². The molecule has 24 heavy (non-hydrogen) atoms. The predicted octanol–water partition coefficient (Wildman–Crippen LogP) is 3.88. The van der Waals surface area contributed by atoms with Crippen molar-refractivity contribution in [1.82, 2.24) is 4.57 Å². The minimum absolute atomic E-state index is 0.00813. The van der Waals surface area contributed by atoms with Gasteiger partial charge in [-0.2, -0.15) is 0 Å². The Bertz CT molecular complexity index is 751. The molecule has 0 radical (unpaired) electrons. The fourth-order valence-corrected chi connectivity index (χ4v) is 3.77. The molecular weight excluding hydrogens is 322 g/mol. The van der Waals surface area contributed by atoms with Crippen LogP contribution in [0, 0.1) is 0 Å². The van der Waals surface area contributed by atoms with E-state index in [1.54, 1.807) is 11.8 Å². The van der Waals surface area contributed by atoms with Gasteiger partial charge in [-0.05, 0) is 25.2 Å². The van der Waals surface area contributed by atoms with Crippen molar-refractivity contribution in [2.75, 3.05) is 12.9 Å². The molecule has 0 amide bonds. The van der Waals surface area contributed by atoms with Crippen molar-refractivity contribution in [3.8, 4) is 0 Å². The number of rotatable bonds is 6. The van der Waals surface area contributed by atoms with Gasteiger partial charge in [0.25, 0.3) is 0 Å². The molecule has 1 unspecified atom stereocenters. The van der Waals surface area contributed by atoms with E-state index in [0.29, 0.717) is 30.8 Å². The van der Waals surface area contributed by atoms with Gasteiger partial charge in [0.05, 0.1) is 12.5 Å². The molecule has 0 spiro atoms. The molecule has 1 aliphatic rings. The number of fused-ring (bicyclic) bond motifs is 1. The van der Waals surface area contributed by atoms with Crippen molar-refractivity contribution in [3.63, 3.8) is 0 Å². The molecule has 0 fully saturated rings. The summed E-state index contributed by atoms with van der Waals surface area (Å²) < 4.78 is 7.31. The van der Waals surface area contributed by atoms with Crippen LogP contribution in [0.25, 0.3) is 0 Å². The molecule has 0 saturated carbocycles. The third-order valence-corrected chi connectivity index (χ3v) is 5.05. The Balaban J connectivity index is 1.96. The van der Waals surface area contributed by atoms with E-state index in [1.807, 2.05) is 54.1 Å². The number of hydrogen-bond acceptors (Lipinski definition) is 4. The summed E-state index contributed by atoms with van der Waals surface area (Å²) in [6, 6.07) is 11.3. The van der Waals surface area contributed by atoms with E-state index in [4.69, 9.17) is 4.74 Å². The van der Waals surface area contributed by atoms with Crippen LogP contribution in [0.4, 0.5) is 0 Å². The first-order valence-electron chi connectivity index (χ1n) is 8.21. The Morgan fingerprint density at radius 3 is 2.71 bits per heavy atom. The average molecular weight is 343 g/mol. The molecular formula is C19H21NO3S. The van der Waals surface area contributed by atoms with Gasteiger partial charge in [0.2, 0.25) is 5.78 Å². The molecule has 2 aromatic rings. The van der Waals surface area contributed by atoms with Crippen LogP contribution < -0.4 is 0 Å². The number of carbonyl (C=O) groups is 2. The van der Waals surface area contributed by atoms with Crippen molar-refractivity contribution in [3.05, 3.63) is 53.3 Å². The first kappa shape index (κ1) is 16.8. The summed E-state index contributed by atoms with van der Waals surface area (Å²) in [7, 11) is 0. The summed E-state index contributed by atoms with van der Waals surface area (Å²) in [5.41, 5.74) is 2.26. The van der Waals surface area contributed by atoms with Gasteiger partial charge in [0.1, 0.15) is 5.69 Å². The van der Waals surface area contributed by atoms with E-state index in [9.17, 15) is 9.59 Å². The zero-order chi connectivity index (χ0) is 17.1. The zero-order valence-electron chi connectivity index (χ0n) is 14.0. The lowest BCUT2D eigenvalue weighted by Gasteiger charge is -2.09. The number of ether oxygens (including phenoxy) is 1. The lowest BCUT2D eigenvalue weighted by molar-refractivity contribution is -0.145. The molecule has 0 saturated heterocycles. The van der Waals surface area contributed by atoms with Crippen LogP contribution >= 0.6 is 11.8 Å². The van der Waals surface area contributed by atoms with Crippen molar-refractivity contribution < 1.29 is 14.3 Å². The summed E-state index contributed by atoms with van der Waals surface area (Å²) >= 11 is 1.54. The van der Waals surface area contributed by atoms with Crippen molar-refractivity contribution in [2.45, 2.75) is 37.1 Å². The van der Waals surface area contributed by atoms with Crippen molar-refractivity contribution >= 4 is 23.5 Å². The number of thioether (sulfide) groups is 1. The highest BCUT2D eigenvalue weighted by molar-refractivity contribution is 7.98. The number of ketones is 1. The van der Waals surface area contributed by atoms with Crippen LogP contribution in [-0.2, 0) is 16.1 Å². The second kappa shape index (κ2) is 7.26. The first-order chi connectivity index (χ1) is 11.7. The first-order valence-corrected chi connectivity index (χ1v) is 9.43. The number of nitrogens with zero attached hydrogens (tertiary/aromatic N) is 1. The van der Waals surface area contributed by atoms with Gasteiger partial charge in [-0.1, -0.05) is 37.3 Å². The molecule has 0 N–H and O–H groups in total. The van der Waals surface area contributed by atoms with Gasteiger partial charge in [0.15, 0.2) is 0 Å². The fourth-order valence-electron chi connectivity index (χ4n) is 3.14. The summed E-state index contributed by atoms with van der Waals surface area (Å²) in [4.78, 5) is 26.2. The number of aromatic nitrogens is 1. The largest absolute Gasteiger partial charge is 0.465 e. The summed E-state index contributed by atoms with van der Waals surface area (Å²) in [6.45, 7) is 3.10. The molecule has 1 aromatic heterocycles. The van der Waals surface area contributed by atoms with Crippen LogP contribution in [0.2, 0.25) is 0 Å². The highest BCUT2D eigenvalue weighted by Crippen LogP contribution is 2.37. The Hall–Kier alpha value is -2.01. The molecule has 0 aliphatic carbocycles. The van der Waals surface area contributed by atoms with Crippen LogP contribution in [0.15, 0.2) is 41.3 Å². The van der Waals surface area contributed by atoms with Crippen LogP contribution in [0.1, 0.15) is 47.4 Å². The maximum Gasteiger partial charge on any atom is 0.315 e. The topological polar surface area (TPSA) is 48.3 Å². The average Bonchev–Trinajstić information content (AvgIpc) is 3.18. The van der Waals surface area contributed by atoms with Crippen LogP contribution in [0.3, 0.4) is 0 Å². The SMILES string of the molecule is CCCOC(=O)C1CCn2c1cc(SC)c2C(=O)c1ccccc1. The predicted molar refractivity (Wildman–Crippen MR) is 94.7 cm³/mol. The number of benzene rings is 1. The lowest BCUT2D eigenvalue weighted by atomic mass is 10.1. The highest BCUT2D eigenvalue weighted by Gasteiger charge is 2.35. The smallest absolute Gasteiger partial charge is 0.315 e. The minimum Gasteiger partial charge on any atom is -0.465 e. The standard InChI is InChI=1S/C19H21NO3S/c1-3-11-23-19(22)14-9-10-20-15(14)12-16(24-2)17(20)18(21)13-7-5-4-6-8-13/h4-8,12,14H,3,9-11H2,1-2H3. The monoisotopic (exact) mass is 343 g/mol. The van der Waals surface area contributed by atoms with E-state index in [2.05, 4.69) is 0 Å². The normalized spacial score (nSPS) is 16.0. The maximum atomic E-state index is 12.9. The molecule has 4 nitrogen and oxygen atoms in total. The molecule has 3 rings (SSSR count). The summed E-state index contributed by atoms with van der Waals surface area (Å²) in [6.07, 6.45) is 3.46. The van der Waals surface area contributed by atoms with E-state index in [0.717, 1.165) is 17.0 Å². The quantitative estimate of drug-likeness (QED) is 0.454. The third kappa shape index (κ3) is 3.00. The minimum atomic E-state index is -0.264. The summed E-state index contributed by atoms with van der Waals surface area (Å²) in [5, 5.41) is 0. The van der Waals surface area contributed by atoms with Crippen molar-refractivity contribution in [2.24, 2.45) is 0 Å². The van der Waals surface area contributed by atoms with E-state index < -0.39 is 0 Å². The van der Waals surface area contributed by atoms with E-state index in [1.165, 1.54) is 0 Å². The molecule has 1 aromatic carbocycles.